The Morgan fingerprint density at radius 1 is 1.23 bits per heavy atom. The SMILES string of the molecule is Cc1ncncc1-n1ccnc1-c1ccc2c(c1)CCCO2. The summed E-state index contributed by atoms with van der Waals surface area (Å²) in [6, 6.07) is 6.27. The summed E-state index contributed by atoms with van der Waals surface area (Å²) in [6.45, 7) is 2.78. The quantitative estimate of drug-likeness (QED) is 0.728. The number of rotatable bonds is 2. The summed E-state index contributed by atoms with van der Waals surface area (Å²) in [5.74, 6) is 1.89. The summed E-state index contributed by atoms with van der Waals surface area (Å²) in [5, 5.41) is 0. The molecule has 22 heavy (non-hydrogen) atoms. The van der Waals surface area contributed by atoms with Crippen LogP contribution in [0.1, 0.15) is 17.7 Å². The molecule has 0 bridgehead atoms. The average molecular weight is 292 g/mol. The molecular weight excluding hydrogens is 276 g/mol. The zero-order chi connectivity index (χ0) is 14.9. The molecule has 0 amide bonds. The van der Waals surface area contributed by atoms with Gasteiger partial charge in [0.25, 0.3) is 0 Å². The summed E-state index contributed by atoms with van der Waals surface area (Å²) in [4.78, 5) is 12.9. The van der Waals surface area contributed by atoms with Gasteiger partial charge in [0.15, 0.2) is 0 Å². The number of benzene rings is 1. The molecule has 0 aliphatic carbocycles. The molecule has 1 aromatic carbocycles. The molecule has 0 atom stereocenters. The minimum atomic E-state index is 0.807. The van der Waals surface area contributed by atoms with E-state index in [0.29, 0.717) is 0 Å². The second kappa shape index (κ2) is 5.26. The van der Waals surface area contributed by atoms with Gasteiger partial charge in [0.1, 0.15) is 17.9 Å². The molecule has 0 radical (unpaired) electrons. The highest BCUT2D eigenvalue weighted by atomic mass is 16.5. The molecule has 2 aromatic heterocycles. The van der Waals surface area contributed by atoms with Crippen molar-refractivity contribution in [2.24, 2.45) is 0 Å². The monoisotopic (exact) mass is 292 g/mol. The number of aromatic nitrogens is 4. The molecule has 5 heteroatoms. The lowest BCUT2D eigenvalue weighted by molar-refractivity contribution is 0.288. The summed E-state index contributed by atoms with van der Waals surface area (Å²) in [5.41, 5.74) is 4.20. The van der Waals surface area contributed by atoms with Crippen LogP contribution in [0.3, 0.4) is 0 Å². The van der Waals surface area contributed by atoms with Crippen LogP contribution in [0, 0.1) is 6.92 Å². The van der Waals surface area contributed by atoms with Gasteiger partial charge in [-0.3, -0.25) is 4.57 Å². The van der Waals surface area contributed by atoms with Gasteiger partial charge in [-0.15, -0.1) is 0 Å². The van der Waals surface area contributed by atoms with Gasteiger partial charge in [-0.05, 0) is 43.5 Å². The van der Waals surface area contributed by atoms with Crippen LogP contribution in [0.5, 0.6) is 5.75 Å². The minimum Gasteiger partial charge on any atom is -0.493 e. The highest BCUT2D eigenvalue weighted by Crippen LogP contribution is 2.30. The highest BCUT2D eigenvalue weighted by molar-refractivity contribution is 5.62. The van der Waals surface area contributed by atoms with E-state index in [1.807, 2.05) is 30.0 Å². The summed E-state index contributed by atoms with van der Waals surface area (Å²) >= 11 is 0. The van der Waals surface area contributed by atoms with Crippen molar-refractivity contribution in [2.45, 2.75) is 19.8 Å². The smallest absolute Gasteiger partial charge is 0.144 e. The predicted octanol–water partition coefficient (Wildman–Crippen LogP) is 2.96. The number of imidazole rings is 1. The van der Waals surface area contributed by atoms with Gasteiger partial charge in [-0.1, -0.05) is 0 Å². The van der Waals surface area contributed by atoms with Gasteiger partial charge in [0.2, 0.25) is 0 Å². The molecular formula is C17H16N4O. The van der Waals surface area contributed by atoms with Crippen molar-refractivity contribution in [3.05, 3.63) is 54.4 Å². The van der Waals surface area contributed by atoms with Crippen LogP contribution < -0.4 is 4.74 Å². The number of aryl methyl sites for hydroxylation is 2. The third kappa shape index (κ3) is 2.15. The van der Waals surface area contributed by atoms with Crippen molar-refractivity contribution in [3.63, 3.8) is 0 Å². The molecule has 0 spiro atoms. The second-order valence-corrected chi connectivity index (χ2v) is 5.39. The Hall–Kier alpha value is -2.69. The van der Waals surface area contributed by atoms with E-state index >= 15 is 0 Å². The first-order valence-electron chi connectivity index (χ1n) is 7.39. The zero-order valence-electron chi connectivity index (χ0n) is 12.4. The van der Waals surface area contributed by atoms with Crippen LogP contribution in [0.2, 0.25) is 0 Å². The molecule has 3 aromatic rings. The first kappa shape index (κ1) is 13.0. The molecule has 0 saturated carbocycles. The molecule has 0 N–H and O–H groups in total. The maximum absolute atomic E-state index is 5.68. The van der Waals surface area contributed by atoms with Gasteiger partial charge in [-0.2, -0.15) is 0 Å². The second-order valence-electron chi connectivity index (χ2n) is 5.39. The Morgan fingerprint density at radius 2 is 2.18 bits per heavy atom. The largest absolute Gasteiger partial charge is 0.493 e. The fraction of sp³-hybridized carbons (Fsp3) is 0.235. The molecule has 0 unspecified atom stereocenters. The van der Waals surface area contributed by atoms with E-state index in [2.05, 4.69) is 27.1 Å². The molecule has 1 aliphatic rings. The third-order valence-corrected chi connectivity index (χ3v) is 3.95. The van der Waals surface area contributed by atoms with Gasteiger partial charge in [0, 0.05) is 18.0 Å². The van der Waals surface area contributed by atoms with Gasteiger partial charge in [0.05, 0.1) is 24.2 Å². The average Bonchev–Trinajstić information content (AvgIpc) is 3.04. The zero-order valence-corrected chi connectivity index (χ0v) is 12.4. The van der Waals surface area contributed by atoms with Crippen molar-refractivity contribution in [2.75, 3.05) is 6.61 Å². The van der Waals surface area contributed by atoms with E-state index in [1.54, 1.807) is 12.5 Å². The van der Waals surface area contributed by atoms with E-state index in [1.165, 1.54) is 5.56 Å². The fourth-order valence-corrected chi connectivity index (χ4v) is 2.83. The normalized spacial score (nSPS) is 13.5. The fourth-order valence-electron chi connectivity index (χ4n) is 2.83. The third-order valence-electron chi connectivity index (χ3n) is 3.95. The lowest BCUT2D eigenvalue weighted by atomic mass is 10.0. The van der Waals surface area contributed by atoms with Crippen LogP contribution in [-0.4, -0.2) is 26.1 Å². The minimum absolute atomic E-state index is 0.807. The van der Waals surface area contributed by atoms with E-state index in [0.717, 1.165) is 48.0 Å². The van der Waals surface area contributed by atoms with E-state index in [4.69, 9.17) is 4.74 Å². The van der Waals surface area contributed by atoms with Gasteiger partial charge >= 0.3 is 0 Å². The van der Waals surface area contributed by atoms with Crippen molar-refractivity contribution in [1.82, 2.24) is 19.5 Å². The Bertz CT molecular complexity index is 825. The lowest BCUT2D eigenvalue weighted by Crippen LogP contribution is -2.08. The Labute approximate surface area is 128 Å². The molecule has 110 valence electrons. The van der Waals surface area contributed by atoms with Crippen molar-refractivity contribution in [1.29, 1.82) is 0 Å². The van der Waals surface area contributed by atoms with Crippen LogP contribution in [-0.2, 0) is 6.42 Å². The molecule has 0 saturated heterocycles. The Balaban J connectivity index is 1.82. The topological polar surface area (TPSA) is 52.8 Å². The van der Waals surface area contributed by atoms with Gasteiger partial charge in [-0.25, -0.2) is 15.0 Å². The van der Waals surface area contributed by atoms with Crippen LogP contribution in [0.4, 0.5) is 0 Å². The maximum atomic E-state index is 5.68. The van der Waals surface area contributed by atoms with Crippen LogP contribution >= 0.6 is 0 Å². The van der Waals surface area contributed by atoms with E-state index in [-0.39, 0.29) is 0 Å². The number of hydrogen-bond donors (Lipinski definition) is 0. The standard InChI is InChI=1S/C17H16N4O/c1-12-15(10-18-11-20-12)21-7-6-19-17(21)14-4-5-16-13(9-14)3-2-8-22-16/h4-7,9-11H,2-3,8H2,1H3. The molecule has 0 fully saturated rings. The summed E-state index contributed by atoms with van der Waals surface area (Å²) in [6.07, 6.45) is 9.24. The van der Waals surface area contributed by atoms with E-state index < -0.39 is 0 Å². The first-order valence-corrected chi connectivity index (χ1v) is 7.39. The summed E-state index contributed by atoms with van der Waals surface area (Å²) in [7, 11) is 0. The number of hydrogen-bond acceptors (Lipinski definition) is 4. The van der Waals surface area contributed by atoms with Crippen molar-refractivity contribution < 1.29 is 4.74 Å². The Morgan fingerprint density at radius 3 is 3.09 bits per heavy atom. The van der Waals surface area contributed by atoms with Crippen LogP contribution in [0.25, 0.3) is 17.1 Å². The van der Waals surface area contributed by atoms with Crippen molar-refractivity contribution >= 4 is 0 Å². The Kier molecular flexibility index (Phi) is 3.11. The number of fused-ring (bicyclic) bond motifs is 1. The lowest BCUT2D eigenvalue weighted by Gasteiger charge is -2.18. The molecule has 3 heterocycles. The molecule has 4 rings (SSSR count). The van der Waals surface area contributed by atoms with Crippen LogP contribution in [0.15, 0.2) is 43.1 Å². The maximum Gasteiger partial charge on any atom is 0.144 e. The predicted molar refractivity (Wildman–Crippen MR) is 83.1 cm³/mol. The first-order chi connectivity index (χ1) is 10.8. The molecule has 1 aliphatic heterocycles. The van der Waals surface area contributed by atoms with Gasteiger partial charge < -0.3 is 4.74 Å². The highest BCUT2D eigenvalue weighted by Gasteiger charge is 2.15. The van der Waals surface area contributed by atoms with E-state index in [9.17, 15) is 0 Å². The number of nitrogens with zero attached hydrogens (tertiary/aromatic N) is 4. The molecule has 5 nitrogen and oxygen atoms in total. The number of ether oxygens (including phenoxy) is 1. The summed E-state index contributed by atoms with van der Waals surface area (Å²) < 4.78 is 7.71. The van der Waals surface area contributed by atoms with Crippen molar-refractivity contribution in [3.8, 4) is 22.8 Å².